The zero-order chi connectivity index (χ0) is 16.1. The molecule has 1 N–H and O–H groups in total. The summed E-state index contributed by atoms with van der Waals surface area (Å²) < 4.78 is 6.94. The number of methoxy groups -OCH3 is 1. The average molecular weight is 305 g/mol. The van der Waals surface area contributed by atoms with Crippen LogP contribution in [0.15, 0.2) is 54.9 Å². The second kappa shape index (κ2) is 6.62. The lowest BCUT2D eigenvalue weighted by Crippen LogP contribution is -2.04. The zero-order valence-corrected chi connectivity index (χ0v) is 12.6. The molecule has 2 aromatic heterocycles. The highest BCUT2D eigenvalue weighted by molar-refractivity contribution is 5.51. The van der Waals surface area contributed by atoms with E-state index in [1.54, 1.807) is 30.1 Å². The molecule has 0 saturated heterocycles. The van der Waals surface area contributed by atoms with Gasteiger partial charge in [-0.15, -0.1) is 0 Å². The van der Waals surface area contributed by atoms with Gasteiger partial charge < -0.3 is 10.1 Å². The van der Waals surface area contributed by atoms with Crippen molar-refractivity contribution < 1.29 is 4.74 Å². The third-order valence-electron chi connectivity index (χ3n) is 3.35. The largest absolute Gasteiger partial charge is 0.497 e. The van der Waals surface area contributed by atoms with Crippen molar-refractivity contribution in [3.8, 4) is 17.5 Å². The van der Waals surface area contributed by atoms with Gasteiger partial charge in [-0.3, -0.25) is 0 Å². The lowest BCUT2D eigenvalue weighted by Gasteiger charge is -2.05. The van der Waals surface area contributed by atoms with Crippen molar-refractivity contribution in [3.63, 3.8) is 0 Å². The van der Waals surface area contributed by atoms with Gasteiger partial charge in [0.25, 0.3) is 0 Å². The van der Waals surface area contributed by atoms with Gasteiger partial charge in [-0.05, 0) is 42.5 Å². The summed E-state index contributed by atoms with van der Waals surface area (Å²) in [6.45, 7) is 0.495. The second-order valence-corrected chi connectivity index (χ2v) is 4.81. The first-order valence-electron chi connectivity index (χ1n) is 7.08. The van der Waals surface area contributed by atoms with E-state index in [1.807, 2.05) is 36.5 Å². The third-order valence-corrected chi connectivity index (χ3v) is 3.35. The summed E-state index contributed by atoms with van der Waals surface area (Å²) in [4.78, 5) is 4.17. The van der Waals surface area contributed by atoms with Crippen LogP contribution in [-0.2, 0) is 6.54 Å². The fraction of sp³-hybridized carbons (Fsp3) is 0.118. The number of nitrogens with one attached hydrogen (secondary N) is 1. The van der Waals surface area contributed by atoms with Crippen LogP contribution in [0.4, 0.5) is 5.82 Å². The molecule has 0 bridgehead atoms. The molecular formula is C17H15N5O. The van der Waals surface area contributed by atoms with Crippen LogP contribution in [0, 0.1) is 11.3 Å². The highest BCUT2D eigenvalue weighted by atomic mass is 16.5. The molecule has 0 aliphatic heterocycles. The minimum absolute atomic E-state index is 0.495. The summed E-state index contributed by atoms with van der Waals surface area (Å²) in [5, 5.41) is 16.7. The maximum atomic E-state index is 9.05. The molecule has 0 amide bonds. The van der Waals surface area contributed by atoms with Crippen LogP contribution >= 0.6 is 0 Å². The molecular weight excluding hydrogens is 290 g/mol. The van der Waals surface area contributed by atoms with Crippen molar-refractivity contribution in [2.45, 2.75) is 6.54 Å². The van der Waals surface area contributed by atoms with Crippen molar-refractivity contribution in [3.05, 3.63) is 66.1 Å². The number of pyridine rings is 1. The number of benzene rings is 1. The van der Waals surface area contributed by atoms with Gasteiger partial charge in [0.2, 0.25) is 0 Å². The Hall–Kier alpha value is -3.33. The van der Waals surface area contributed by atoms with E-state index in [1.165, 1.54) is 0 Å². The minimum Gasteiger partial charge on any atom is -0.497 e. The molecule has 6 nitrogen and oxygen atoms in total. The van der Waals surface area contributed by atoms with Crippen LogP contribution in [0.5, 0.6) is 5.75 Å². The van der Waals surface area contributed by atoms with Crippen molar-refractivity contribution in [1.82, 2.24) is 14.8 Å². The quantitative estimate of drug-likeness (QED) is 0.784. The van der Waals surface area contributed by atoms with E-state index in [2.05, 4.69) is 21.5 Å². The highest BCUT2D eigenvalue weighted by Gasteiger charge is 2.05. The Morgan fingerprint density at radius 3 is 2.78 bits per heavy atom. The fourth-order valence-electron chi connectivity index (χ4n) is 2.15. The smallest absolute Gasteiger partial charge is 0.144 e. The SMILES string of the molecule is COc1ccc(-n2ccc(CNc3ncccc3C#N)n2)cc1. The molecule has 0 fully saturated rings. The maximum absolute atomic E-state index is 9.05. The molecule has 0 saturated carbocycles. The summed E-state index contributed by atoms with van der Waals surface area (Å²) >= 11 is 0. The van der Waals surface area contributed by atoms with Gasteiger partial charge in [-0.25, -0.2) is 9.67 Å². The highest BCUT2D eigenvalue weighted by Crippen LogP contribution is 2.15. The Morgan fingerprint density at radius 1 is 1.22 bits per heavy atom. The van der Waals surface area contributed by atoms with Gasteiger partial charge in [0.1, 0.15) is 17.6 Å². The predicted octanol–water partition coefficient (Wildman–Crippen LogP) is 2.76. The van der Waals surface area contributed by atoms with Crippen LogP contribution in [0.1, 0.15) is 11.3 Å². The summed E-state index contributed by atoms with van der Waals surface area (Å²) in [6.07, 6.45) is 3.54. The first-order chi connectivity index (χ1) is 11.3. The maximum Gasteiger partial charge on any atom is 0.144 e. The van der Waals surface area contributed by atoms with E-state index in [0.29, 0.717) is 17.9 Å². The summed E-state index contributed by atoms with van der Waals surface area (Å²) in [5.41, 5.74) is 2.32. The average Bonchev–Trinajstić information content (AvgIpc) is 3.09. The van der Waals surface area contributed by atoms with Crippen LogP contribution in [0.3, 0.4) is 0 Å². The van der Waals surface area contributed by atoms with Gasteiger partial charge in [0.05, 0.1) is 30.6 Å². The molecule has 0 spiro atoms. The first kappa shape index (κ1) is 14.6. The van der Waals surface area contributed by atoms with E-state index in [-0.39, 0.29) is 0 Å². The topological polar surface area (TPSA) is 75.8 Å². The van der Waals surface area contributed by atoms with Crippen LogP contribution in [0.2, 0.25) is 0 Å². The van der Waals surface area contributed by atoms with Crippen LogP contribution in [-0.4, -0.2) is 21.9 Å². The number of ether oxygens (including phenoxy) is 1. The Bertz CT molecular complexity index is 833. The van der Waals surface area contributed by atoms with Crippen LogP contribution < -0.4 is 10.1 Å². The Balaban J connectivity index is 1.71. The molecule has 0 atom stereocenters. The molecule has 114 valence electrons. The molecule has 0 aliphatic rings. The molecule has 0 unspecified atom stereocenters. The number of hydrogen-bond acceptors (Lipinski definition) is 5. The molecule has 23 heavy (non-hydrogen) atoms. The minimum atomic E-state index is 0.495. The number of aromatic nitrogens is 3. The monoisotopic (exact) mass is 305 g/mol. The van der Waals surface area contributed by atoms with Gasteiger partial charge in [0, 0.05) is 12.4 Å². The van der Waals surface area contributed by atoms with Gasteiger partial charge >= 0.3 is 0 Å². The van der Waals surface area contributed by atoms with Crippen molar-refractivity contribution in [1.29, 1.82) is 5.26 Å². The van der Waals surface area contributed by atoms with E-state index in [9.17, 15) is 0 Å². The molecule has 3 rings (SSSR count). The van der Waals surface area contributed by atoms with Crippen molar-refractivity contribution in [2.24, 2.45) is 0 Å². The van der Waals surface area contributed by atoms with Crippen molar-refractivity contribution in [2.75, 3.05) is 12.4 Å². The molecule has 2 heterocycles. The molecule has 3 aromatic rings. The Labute approximate surface area is 134 Å². The second-order valence-electron chi connectivity index (χ2n) is 4.81. The standard InChI is InChI=1S/C17H15N5O/c1-23-16-6-4-15(5-7-16)22-10-8-14(21-22)12-20-17-13(11-18)3-2-9-19-17/h2-10H,12H2,1H3,(H,19,20). The lowest BCUT2D eigenvalue weighted by atomic mass is 10.3. The van der Waals surface area contributed by atoms with E-state index < -0.39 is 0 Å². The molecule has 6 heteroatoms. The van der Waals surface area contributed by atoms with Gasteiger partial charge in [-0.2, -0.15) is 10.4 Å². The Morgan fingerprint density at radius 2 is 2.04 bits per heavy atom. The summed E-state index contributed by atoms with van der Waals surface area (Å²) in [7, 11) is 1.64. The lowest BCUT2D eigenvalue weighted by molar-refractivity contribution is 0.414. The van der Waals surface area contributed by atoms with Gasteiger partial charge in [0.15, 0.2) is 0 Å². The Kier molecular flexibility index (Phi) is 4.20. The van der Waals surface area contributed by atoms with Crippen LogP contribution in [0.25, 0.3) is 5.69 Å². The van der Waals surface area contributed by atoms with E-state index in [4.69, 9.17) is 10.00 Å². The molecule has 0 aliphatic carbocycles. The molecule has 0 radical (unpaired) electrons. The number of anilines is 1. The molecule has 1 aromatic carbocycles. The normalized spacial score (nSPS) is 10.1. The van der Waals surface area contributed by atoms with Gasteiger partial charge in [-0.1, -0.05) is 0 Å². The van der Waals surface area contributed by atoms with E-state index >= 15 is 0 Å². The number of nitriles is 1. The summed E-state index contributed by atoms with van der Waals surface area (Å²) in [6, 6.07) is 15.2. The predicted molar refractivity (Wildman–Crippen MR) is 86.4 cm³/mol. The number of hydrogen-bond donors (Lipinski definition) is 1. The summed E-state index contributed by atoms with van der Waals surface area (Å²) in [5.74, 6) is 1.37. The fourth-order valence-corrected chi connectivity index (χ4v) is 2.15. The van der Waals surface area contributed by atoms with E-state index in [0.717, 1.165) is 17.1 Å². The van der Waals surface area contributed by atoms with Crippen molar-refractivity contribution >= 4 is 5.82 Å². The number of nitrogens with zero attached hydrogens (tertiary/aromatic N) is 4. The first-order valence-corrected chi connectivity index (χ1v) is 7.08. The number of rotatable bonds is 5. The zero-order valence-electron chi connectivity index (χ0n) is 12.6. The third kappa shape index (κ3) is 3.30.